The Morgan fingerprint density at radius 2 is 1.72 bits per heavy atom. The van der Waals surface area contributed by atoms with E-state index in [4.69, 9.17) is 4.74 Å². The largest absolute Gasteiger partial charge is 0.488 e. The molecular formula is C24H17F4N3O. The van der Waals surface area contributed by atoms with Crippen molar-refractivity contribution in [2.45, 2.75) is 12.8 Å². The molecule has 1 heterocycles. The third-order valence-corrected chi connectivity index (χ3v) is 4.70. The van der Waals surface area contributed by atoms with Gasteiger partial charge in [0.05, 0.1) is 11.8 Å². The second-order valence-electron chi connectivity index (χ2n) is 6.91. The van der Waals surface area contributed by atoms with E-state index in [1.54, 1.807) is 12.1 Å². The van der Waals surface area contributed by atoms with E-state index in [-0.39, 0.29) is 18.2 Å². The number of hydrogen-bond donors (Lipinski definition) is 1. The minimum atomic E-state index is -4.45. The van der Waals surface area contributed by atoms with Crippen molar-refractivity contribution >= 4 is 22.8 Å². The molecular weight excluding hydrogens is 422 g/mol. The number of ether oxygens (including phenoxy) is 1. The Hall–Kier alpha value is -3.94. The van der Waals surface area contributed by atoms with Crippen LogP contribution in [0.3, 0.4) is 0 Å². The summed E-state index contributed by atoms with van der Waals surface area (Å²) in [5.74, 6) is 0.400. The summed E-state index contributed by atoms with van der Waals surface area (Å²) in [5.41, 5.74) is 3.29. The molecule has 0 saturated heterocycles. The van der Waals surface area contributed by atoms with Gasteiger partial charge in [-0.05, 0) is 46.7 Å². The number of halogens is 4. The molecule has 0 saturated carbocycles. The standard InChI is InChI=1S/C24H17F4N3O/c25-19-9-5-16(6-10-19)15-32-22-11-7-17-3-1-2-4-20(17)21(22)14-30-31-23-12-8-18(13-29-23)24(26,27)28/h1-14H,15H2,(H,29,31)/b30-14-. The van der Waals surface area contributed by atoms with E-state index >= 15 is 0 Å². The second kappa shape index (κ2) is 9.05. The molecule has 32 heavy (non-hydrogen) atoms. The van der Waals surface area contributed by atoms with Gasteiger partial charge in [-0.1, -0.05) is 42.5 Å². The summed E-state index contributed by atoms with van der Waals surface area (Å²) in [6.45, 7) is 0.230. The first-order valence-electron chi connectivity index (χ1n) is 9.61. The predicted octanol–water partition coefficient (Wildman–Crippen LogP) is 6.42. The summed E-state index contributed by atoms with van der Waals surface area (Å²) in [6.07, 6.45) is -2.18. The maximum absolute atomic E-state index is 13.1. The molecule has 0 aliphatic rings. The molecule has 0 bridgehead atoms. The Bertz CT molecular complexity index is 1240. The smallest absolute Gasteiger partial charge is 0.417 e. The van der Waals surface area contributed by atoms with Gasteiger partial charge in [-0.3, -0.25) is 5.43 Å². The maximum Gasteiger partial charge on any atom is 0.417 e. The van der Waals surface area contributed by atoms with Crippen molar-refractivity contribution in [3.05, 3.63) is 102 Å². The summed E-state index contributed by atoms with van der Waals surface area (Å²) in [7, 11) is 0. The lowest BCUT2D eigenvalue weighted by Gasteiger charge is -2.12. The summed E-state index contributed by atoms with van der Waals surface area (Å²) in [4.78, 5) is 3.74. The molecule has 4 rings (SSSR count). The van der Waals surface area contributed by atoms with Crippen LogP contribution in [0.25, 0.3) is 10.8 Å². The van der Waals surface area contributed by atoms with Crippen LogP contribution in [-0.4, -0.2) is 11.2 Å². The molecule has 0 aliphatic carbocycles. The van der Waals surface area contributed by atoms with Crippen molar-refractivity contribution < 1.29 is 22.3 Å². The van der Waals surface area contributed by atoms with Crippen molar-refractivity contribution in [2.24, 2.45) is 5.10 Å². The van der Waals surface area contributed by atoms with E-state index in [0.29, 0.717) is 11.3 Å². The molecule has 1 N–H and O–H groups in total. The topological polar surface area (TPSA) is 46.5 Å². The van der Waals surface area contributed by atoms with Crippen LogP contribution in [-0.2, 0) is 12.8 Å². The molecule has 3 aromatic carbocycles. The van der Waals surface area contributed by atoms with Gasteiger partial charge in [-0.2, -0.15) is 18.3 Å². The number of fused-ring (bicyclic) bond motifs is 1. The number of nitrogens with zero attached hydrogens (tertiary/aromatic N) is 2. The normalized spacial score (nSPS) is 11.8. The Kier molecular flexibility index (Phi) is 6.02. The fourth-order valence-electron chi connectivity index (χ4n) is 3.07. The highest BCUT2D eigenvalue weighted by Crippen LogP contribution is 2.29. The van der Waals surface area contributed by atoms with E-state index in [2.05, 4.69) is 15.5 Å². The summed E-state index contributed by atoms with van der Waals surface area (Å²) < 4.78 is 57.1. The van der Waals surface area contributed by atoms with Gasteiger partial charge in [0.15, 0.2) is 0 Å². The van der Waals surface area contributed by atoms with E-state index in [0.717, 1.165) is 28.6 Å². The van der Waals surface area contributed by atoms with Crippen molar-refractivity contribution in [3.63, 3.8) is 0 Å². The van der Waals surface area contributed by atoms with Crippen LogP contribution >= 0.6 is 0 Å². The van der Waals surface area contributed by atoms with Crippen molar-refractivity contribution in [1.29, 1.82) is 0 Å². The summed E-state index contributed by atoms with van der Waals surface area (Å²) in [5, 5.41) is 5.99. The number of alkyl halides is 3. The van der Waals surface area contributed by atoms with Crippen LogP contribution in [0.1, 0.15) is 16.7 Å². The Morgan fingerprint density at radius 1 is 0.938 bits per heavy atom. The number of hydrogen-bond acceptors (Lipinski definition) is 4. The Balaban J connectivity index is 1.56. The highest BCUT2D eigenvalue weighted by Gasteiger charge is 2.30. The van der Waals surface area contributed by atoms with Crippen LogP contribution in [0.2, 0.25) is 0 Å². The van der Waals surface area contributed by atoms with Gasteiger partial charge in [0.1, 0.15) is 24.0 Å². The molecule has 4 aromatic rings. The molecule has 0 atom stereocenters. The average Bonchev–Trinajstić information content (AvgIpc) is 2.79. The zero-order valence-corrected chi connectivity index (χ0v) is 16.6. The van der Waals surface area contributed by atoms with Crippen LogP contribution in [0.15, 0.2) is 84.1 Å². The number of benzene rings is 3. The SMILES string of the molecule is Fc1ccc(COc2ccc3ccccc3c2/C=N\Nc2ccc(C(F)(F)F)cn2)cc1. The quantitative estimate of drug-likeness (QED) is 0.214. The van der Waals surface area contributed by atoms with E-state index < -0.39 is 11.7 Å². The predicted molar refractivity (Wildman–Crippen MR) is 115 cm³/mol. The monoisotopic (exact) mass is 439 g/mol. The zero-order chi connectivity index (χ0) is 22.6. The molecule has 4 nitrogen and oxygen atoms in total. The van der Waals surface area contributed by atoms with Gasteiger partial charge in [0, 0.05) is 11.8 Å². The first-order valence-corrected chi connectivity index (χ1v) is 9.61. The molecule has 0 radical (unpaired) electrons. The van der Waals surface area contributed by atoms with Crippen molar-refractivity contribution in [3.8, 4) is 5.75 Å². The summed E-state index contributed by atoms with van der Waals surface area (Å²) >= 11 is 0. The third kappa shape index (κ3) is 5.03. The number of aromatic nitrogens is 1. The van der Waals surface area contributed by atoms with Crippen molar-refractivity contribution in [1.82, 2.24) is 4.98 Å². The van der Waals surface area contributed by atoms with E-state index in [9.17, 15) is 17.6 Å². The number of nitrogens with one attached hydrogen (secondary N) is 1. The molecule has 1 aromatic heterocycles. The fraction of sp³-hybridized carbons (Fsp3) is 0.0833. The van der Waals surface area contributed by atoms with Crippen molar-refractivity contribution in [2.75, 3.05) is 5.43 Å². The van der Waals surface area contributed by atoms with Gasteiger partial charge in [-0.25, -0.2) is 9.37 Å². The molecule has 0 unspecified atom stereocenters. The minimum absolute atomic E-state index is 0.170. The number of pyridine rings is 1. The van der Waals surface area contributed by atoms with Gasteiger partial charge in [0.25, 0.3) is 0 Å². The minimum Gasteiger partial charge on any atom is -0.488 e. The van der Waals surface area contributed by atoms with Crippen LogP contribution in [0, 0.1) is 5.82 Å². The molecule has 8 heteroatoms. The highest BCUT2D eigenvalue weighted by atomic mass is 19.4. The number of anilines is 1. The van der Waals surface area contributed by atoms with Gasteiger partial charge in [0.2, 0.25) is 0 Å². The van der Waals surface area contributed by atoms with Gasteiger partial charge in [-0.15, -0.1) is 0 Å². The number of hydrazone groups is 1. The molecule has 0 aliphatic heterocycles. The number of rotatable bonds is 6. The van der Waals surface area contributed by atoms with Crippen LogP contribution < -0.4 is 10.2 Å². The highest BCUT2D eigenvalue weighted by molar-refractivity contribution is 6.02. The van der Waals surface area contributed by atoms with E-state index in [1.165, 1.54) is 24.4 Å². The van der Waals surface area contributed by atoms with Gasteiger partial charge < -0.3 is 4.74 Å². The van der Waals surface area contributed by atoms with Gasteiger partial charge >= 0.3 is 6.18 Å². The van der Waals surface area contributed by atoms with E-state index in [1.807, 2.05) is 36.4 Å². The van der Waals surface area contributed by atoms with Crippen LogP contribution in [0.4, 0.5) is 23.4 Å². The molecule has 0 spiro atoms. The first kappa shape index (κ1) is 21.3. The second-order valence-corrected chi connectivity index (χ2v) is 6.91. The maximum atomic E-state index is 13.1. The van der Waals surface area contributed by atoms with Crippen LogP contribution in [0.5, 0.6) is 5.75 Å². The zero-order valence-electron chi connectivity index (χ0n) is 16.6. The third-order valence-electron chi connectivity index (χ3n) is 4.70. The lowest BCUT2D eigenvalue weighted by Crippen LogP contribution is -2.05. The fourth-order valence-corrected chi connectivity index (χ4v) is 3.07. The lowest BCUT2D eigenvalue weighted by atomic mass is 10.0. The molecule has 162 valence electrons. The Labute approximate surface area is 181 Å². The summed E-state index contributed by atoms with van der Waals surface area (Å²) in [6, 6.07) is 19.5. The lowest BCUT2D eigenvalue weighted by molar-refractivity contribution is -0.137. The molecule has 0 amide bonds. The first-order chi connectivity index (χ1) is 15.4. The molecule has 0 fully saturated rings. The average molecular weight is 439 g/mol. The Morgan fingerprint density at radius 3 is 2.44 bits per heavy atom.